The molecular formula is C13H17NO3. The van der Waals surface area contributed by atoms with E-state index in [0.717, 1.165) is 24.0 Å². The average molecular weight is 235 g/mol. The van der Waals surface area contributed by atoms with Gasteiger partial charge in [0.15, 0.2) is 0 Å². The maximum absolute atomic E-state index is 11.6. The highest BCUT2D eigenvalue weighted by molar-refractivity contribution is 5.96. The highest BCUT2D eigenvalue weighted by atomic mass is 16.4. The first kappa shape index (κ1) is 13.2. The zero-order valence-corrected chi connectivity index (χ0v) is 10.1. The minimum Gasteiger partial charge on any atom is -0.480 e. The van der Waals surface area contributed by atoms with E-state index in [9.17, 15) is 9.59 Å². The summed E-state index contributed by atoms with van der Waals surface area (Å²) in [4.78, 5) is 22.0. The zero-order valence-electron chi connectivity index (χ0n) is 10.1. The number of carbonyl (C=O) groups excluding carboxylic acids is 1. The van der Waals surface area contributed by atoms with Gasteiger partial charge in [-0.1, -0.05) is 19.4 Å². The number of carboxylic acid groups (broad SMARTS) is 1. The van der Waals surface area contributed by atoms with Crippen LogP contribution in [0.1, 0.15) is 34.8 Å². The summed E-state index contributed by atoms with van der Waals surface area (Å²) in [6.45, 7) is 3.73. The second-order valence-corrected chi connectivity index (χ2v) is 3.97. The maximum Gasteiger partial charge on any atom is 0.322 e. The van der Waals surface area contributed by atoms with Crippen molar-refractivity contribution in [3.05, 3.63) is 34.9 Å². The van der Waals surface area contributed by atoms with Crippen LogP contribution in [0.4, 0.5) is 0 Å². The minimum atomic E-state index is -1.04. The summed E-state index contributed by atoms with van der Waals surface area (Å²) in [5, 5.41) is 10.8. The van der Waals surface area contributed by atoms with Gasteiger partial charge in [0, 0.05) is 5.56 Å². The van der Waals surface area contributed by atoms with E-state index in [4.69, 9.17) is 5.11 Å². The third-order valence-electron chi connectivity index (χ3n) is 2.53. The van der Waals surface area contributed by atoms with Crippen molar-refractivity contribution in [2.75, 3.05) is 6.54 Å². The molecule has 0 bridgehead atoms. The fraction of sp³-hybridized carbons (Fsp3) is 0.385. The van der Waals surface area contributed by atoms with Crippen LogP contribution in [0.2, 0.25) is 0 Å². The topological polar surface area (TPSA) is 66.4 Å². The lowest BCUT2D eigenvalue weighted by Crippen LogP contribution is -2.29. The normalized spacial score (nSPS) is 10.0. The molecule has 0 radical (unpaired) electrons. The van der Waals surface area contributed by atoms with Gasteiger partial charge in [0.1, 0.15) is 6.54 Å². The molecule has 0 heterocycles. The number of aliphatic carboxylic acids is 1. The summed E-state index contributed by atoms with van der Waals surface area (Å²) in [6, 6.07) is 5.43. The van der Waals surface area contributed by atoms with Crippen LogP contribution in [0.5, 0.6) is 0 Å². The first-order chi connectivity index (χ1) is 8.04. The highest BCUT2D eigenvalue weighted by Gasteiger charge is 2.08. The van der Waals surface area contributed by atoms with E-state index >= 15 is 0 Å². The van der Waals surface area contributed by atoms with Gasteiger partial charge in [0.05, 0.1) is 0 Å². The van der Waals surface area contributed by atoms with E-state index in [0.29, 0.717) is 5.56 Å². The third-order valence-corrected chi connectivity index (χ3v) is 2.53. The molecule has 0 atom stereocenters. The lowest BCUT2D eigenvalue weighted by atomic mass is 10.0. The van der Waals surface area contributed by atoms with Crippen LogP contribution in [-0.2, 0) is 11.2 Å². The molecule has 1 aromatic carbocycles. The van der Waals surface area contributed by atoms with Crippen LogP contribution < -0.4 is 5.32 Å². The van der Waals surface area contributed by atoms with Gasteiger partial charge in [-0.2, -0.15) is 0 Å². The average Bonchev–Trinajstić information content (AvgIpc) is 2.29. The molecular weight excluding hydrogens is 218 g/mol. The van der Waals surface area contributed by atoms with Gasteiger partial charge in [-0.25, -0.2) is 0 Å². The summed E-state index contributed by atoms with van der Waals surface area (Å²) in [5.41, 5.74) is 2.80. The van der Waals surface area contributed by atoms with Crippen molar-refractivity contribution in [3.63, 3.8) is 0 Å². The lowest BCUT2D eigenvalue weighted by molar-refractivity contribution is -0.135. The van der Waals surface area contributed by atoms with E-state index in [-0.39, 0.29) is 12.5 Å². The van der Waals surface area contributed by atoms with Crippen LogP contribution in [-0.4, -0.2) is 23.5 Å². The molecule has 0 aliphatic carbocycles. The van der Waals surface area contributed by atoms with E-state index < -0.39 is 5.97 Å². The number of benzene rings is 1. The fourth-order valence-corrected chi connectivity index (χ4v) is 1.61. The van der Waals surface area contributed by atoms with Gasteiger partial charge in [-0.15, -0.1) is 0 Å². The Morgan fingerprint density at radius 2 is 2.06 bits per heavy atom. The number of carbonyl (C=O) groups is 2. The Balaban J connectivity index is 2.80. The molecule has 4 heteroatoms. The molecule has 0 unspecified atom stereocenters. The highest BCUT2D eigenvalue weighted by Crippen LogP contribution is 2.13. The van der Waals surface area contributed by atoms with Crippen molar-refractivity contribution < 1.29 is 14.7 Å². The van der Waals surface area contributed by atoms with Crippen molar-refractivity contribution in [1.29, 1.82) is 0 Å². The van der Waals surface area contributed by atoms with Crippen molar-refractivity contribution in [2.45, 2.75) is 26.7 Å². The van der Waals surface area contributed by atoms with Gasteiger partial charge < -0.3 is 10.4 Å². The standard InChI is InChI=1S/C13H17NO3/c1-3-4-10-7-11(6-5-9(10)2)13(17)14-8-12(15)16/h5-7H,3-4,8H2,1-2H3,(H,14,17)(H,15,16). The van der Waals surface area contributed by atoms with E-state index in [2.05, 4.69) is 12.2 Å². The maximum atomic E-state index is 11.6. The minimum absolute atomic E-state index is 0.343. The van der Waals surface area contributed by atoms with Crippen LogP contribution in [0.15, 0.2) is 18.2 Å². The lowest BCUT2D eigenvalue weighted by Gasteiger charge is -2.08. The Kier molecular flexibility index (Phi) is 4.69. The molecule has 92 valence electrons. The van der Waals surface area contributed by atoms with Crippen molar-refractivity contribution in [1.82, 2.24) is 5.32 Å². The second-order valence-electron chi connectivity index (χ2n) is 3.97. The van der Waals surface area contributed by atoms with Crippen LogP contribution in [0.25, 0.3) is 0 Å². The largest absolute Gasteiger partial charge is 0.480 e. The van der Waals surface area contributed by atoms with Crippen LogP contribution in [0.3, 0.4) is 0 Å². The molecule has 1 aromatic rings. The van der Waals surface area contributed by atoms with Gasteiger partial charge >= 0.3 is 5.97 Å². The van der Waals surface area contributed by atoms with Crippen LogP contribution in [0, 0.1) is 6.92 Å². The first-order valence-electron chi connectivity index (χ1n) is 5.64. The molecule has 17 heavy (non-hydrogen) atoms. The molecule has 0 saturated heterocycles. The molecule has 0 aliphatic heterocycles. The molecule has 4 nitrogen and oxygen atoms in total. The van der Waals surface area contributed by atoms with Crippen molar-refractivity contribution >= 4 is 11.9 Å². The third kappa shape index (κ3) is 3.90. The number of carboxylic acids is 1. The van der Waals surface area contributed by atoms with Crippen molar-refractivity contribution in [3.8, 4) is 0 Å². The molecule has 1 rings (SSSR count). The molecule has 0 spiro atoms. The van der Waals surface area contributed by atoms with E-state index in [1.165, 1.54) is 0 Å². The van der Waals surface area contributed by atoms with Gasteiger partial charge in [-0.05, 0) is 36.6 Å². The van der Waals surface area contributed by atoms with Gasteiger partial charge in [0.2, 0.25) is 0 Å². The summed E-state index contributed by atoms with van der Waals surface area (Å²) in [7, 11) is 0. The first-order valence-corrected chi connectivity index (χ1v) is 5.64. The van der Waals surface area contributed by atoms with Crippen LogP contribution >= 0.6 is 0 Å². The Bertz CT molecular complexity index is 427. The molecule has 0 aliphatic rings. The Morgan fingerprint density at radius 1 is 1.35 bits per heavy atom. The predicted octanol–water partition coefficient (Wildman–Crippen LogP) is 1.76. The summed E-state index contributed by atoms with van der Waals surface area (Å²) < 4.78 is 0. The second kappa shape index (κ2) is 6.03. The molecule has 0 fully saturated rings. The smallest absolute Gasteiger partial charge is 0.322 e. The molecule has 0 aromatic heterocycles. The Morgan fingerprint density at radius 3 is 2.65 bits per heavy atom. The van der Waals surface area contributed by atoms with Crippen molar-refractivity contribution in [2.24, 2.45) is 0 Å². The Labute approximate surface area is 101 Å². The summed E-state index contributed by atoms with van der Waals surface area (Å²) in [5.74, 6) is -1.39. The van der Waals surface area contributed by atoms with Gasteiger partial charge in [0.25, 0.3) is 5.91 Å². The number of hydrogen-bond acceptors (Lipinski definition) is 2. The zero-order chi connectivity index (χ0) is 12.8. The number of amides is 1. The molecule has 0 saturated carbocycles. The fourth-order valence-electron chi connectivity index (χ4n) is 1.61. The number of hydrogen-bond donors (Lipinski definition) is 2. The quantitative estimate of drug-likeness (QED) is 0.817. The van der Waals surface area contributed by atoms with E-state index in [1.54, 1.807) is 6.07 Å². The molecule has 1 amide bonds. The summed E-state index contributed by atoms with van der Waals surface area (Å²) >= 11 is 0. The number of nitrogens with one attached hydrogen (secondary N) is 1. The predicted molar refractivity (Wildman–Crippen MR) is 65.1 cm³/mol. The summed E-state index contributed by atoms with van der Waals surface area (Å²) in [6.07, 6.45) is 1.94. The molecule has 2 N–H and O–H groups in total. The van der Waals surface area contributed by atoms with E-state index in [1.807, 2.05) is 19.1 Å². The SMILES string of the molecule is CCCc1cc(C(=O)NCC(=O)O)ccc1C. The number of rotatable bonds is 5. The monoisotopic (exact) mass is 235 g/mol. The van der Waals surface area contributed by atoms with Gasteiger partial charge in [-0.3, -0.25) is 9.59 Å². The number of aryl methyl sites for hydroxylation is 2. The Hall–Kier alpha value is -1.84.